The summed E-state index contributed by atoms with van der Waals surface area (Å²) in [7, 11) is -5.55. The molecule has 0 radical (unpaired) electrons. The third-order valence-electron chi connectivity index (χ3n) is 16.3. The molecule has 0 saturated carbocycles. The average molecular weight is 1030 g/mol. The van der Waals surface area contributed by atoms with E-state index < -0.39 is 16.1 Å². The van der Waals surface area contributed by atoms with Crippen LogP contribution in [0.25, 0.3) is 75.3 Å². The second-order valence-corrected chi connectivity index (χ2v) is 28.9. The first-order chi connectivity index (χ1) is 38.2. The normalized spacial score (nSPS) is 12.2. The molecule has 0 saturated heterocycles. The number of hydrogen-bond acceptors (Lipinski definition) is 2. The molecule has 15 aromatic rings. The van der Waals surface area contributed by atoms with Crippen LogP contribution in [0.15, 0.2) is 297 Å². The number of rotatable bonds is 10. The lowest BCUT2D eigenvalue weighted by molar-refractivity contribution is 1.18. The summed E-state index contributed by atoms with van der Waals surface area (Å²) in [6.45, 7) is 0. The number of nitrogens with zero attached hydrogens (tertiary/aromatic N) is 3. The van der Waals surface area contributed by atoms with Crippen LogP contribution < -0.4 is 41.5 Å². The molecule has 0 fully saturated rings. The summed E-state index contributed by atoms with van der Waals surface area (Å²) in [6.07, 6.45) is 1.94. The van der Waals surface area contributed by atoms with E-state index in [1.54, 1.807) is 0 Å². The molecule has 77 heavy (non-hydrogen) atoms. The van der Waals surface area contributed by atoms with Crippen molar-refractivity contribution in [2.45, 2.75) is 0 Å². The second kappa shape index (κ2) is 18.3. The predicted molar refractivity (Wildman–Crippen MR) is 333 cm³/mol. The monoisotopic (exact) mass is 1030 g/mol. The molecule has 4 heterocycles. The minimum absolute atomic E-state index is 1.00. The topological polar surface area (TPSA) is 22.8 Å². The van der Waals surface area contributed by atoms with Crippen LogP contribution in [0, 0.1) is 0 Å². The zero-order valence-corrected chi connectivity index (χ0v) is 44.9. The van der Waals surface area contributed by atoms with Crippen LogP contribution in [-0.4, -0.2) is 30.3 Å². The van der Waals surface area contributed by atoms with Crippen LogP contribution in [0.4, 0.5) is 0 Å². The number of hydrogen-bond donors (Lipinski definition) is 0. The van der Waals surface area contributed by atoms with Gasteiger partial charge >= 0.3 is 0 Å². The van der Waals surface area contributed by atoms with E-state index in [-0.39, 0.29) is 0 Å². The molecule has 6 heteroatoms. The summed E-state index contributed by atoms with van der Waals surface area (Å²) in [5.74, 6) is 0. The molecule has 3 nitrogen and oxygen atoms in total. The summed E-state index contributed by atoms with van der Waals surface area (Å²) in [5.41, 5.74) is 7.90. The lowest BCUT2D eigenvalue weighted by Crippen LogP contribution is -2.74. The molecule has 0 amide bonds. The Kier molecular flexibility index (Phi) is 10.7. The summed E-state index contributed by atoms with van der Waals surface area (Å²) in [6, 6.07) is 109. The Morgan fingerprint density at radius 2 is 0.623 bits per heavy atom. The first kappa shape index (κ1) is 45.2. The Balaban J connectivity index is 0.904. The van der Waals surface area contributed by atoms with Gasteiger partial charge in [-0.25, -0.2) is 0 Å². The van der Waals surface area contributed by atoms with Crippen LogP contribution in [-0.2, 0) is 0 Å². The smallest absolute Gasteiger partial charge is 0.179 e. The Bertz CT molecular complexity index is 4180. The van der Waals surface area contributed by atoms with Crippen molar-refractivity contribution < 1.29 is 0 Å². The van der Waals surface area contributed by atoms with Gasteiger partial charge in [0.15, 0.2) is 16.1 Å². The Morgan fingerprint density at radius 3 is 1.08 bits per heavy atom. The molecule has 0 spiro atoms. The molecular formula is C71H49N3SSi2. The van der Waals surface area contributed by atoms with E-state index in [1.165, 1.54) is 83.5 Å². The highest BCUT2D eigenvalue weighted by Gasteiger charge is 2.43. The maximum absolute atomic E-state index is 5.15. The number of pyridine rings is 1. The van der Waals surface area contributed by atoms with Crippen molar-refractivity contribution in [1.29, 1.82) is 0 Å². The Morgan fingerprint density at radius 1 is 0.260 bits per heavy atom. The summed E-state index contributed by atoms with van der Waals surface area (Å²) in [5, 5.41) is 17.0. The van der Waals surface area contributed by atoms with Crippen molar-refractivity contribution in [3.8, 4) is 11.4 Å². The molecule has 0 bridgehead atoms. The number of aromatic nitrogens is 3. The number of benzene rings is 11. The second-order valence-electron chi connectivity index (χ2n) is 20.2. The standard InChI is InChI=1S/C71H49N3SSi2/c1-7-22-52(23-8-1)76(53-24-9-2-10-25-53,54-26-11-3-12-27-54)58-39-41-66-61(48-58)60-34-19-20-35-65(60)73(66)50-37-43-69-62(46-50)63-47-51(38-44-70(63)75-69)74-67-42-40-59(49-64(67)71-68(74)36-21-45-72-71)77(55-28-13-4-14-29-55,56-30-15-5-16-31-56)57-32-17-6-18-33-57/h1-49H. The first-order valence-corrected chi connectivity index (χ1v) is 31.2. The van der Waals surface area contributed by atoms with Gasteiger partial charge in [-0.1, -0.05) is 224 Å². The third-order valence-corrected chi connectivity index (χ3v) is 27.0. The van der Waals surface area contributed by atoms with Gasteiger partial charge in [0, 0.05) is 53.9 Å². The molecule has 0 unspecified atom stereocenters. The van der Waals surface area contributed by atoms with Gasteiger partial charge in [-0.2, -0.15) is 0 Å². The molecule has 362 valence electrons. The van der Waals surface area contributed by atoms with Crippen molar-refractivity contribution in [2.75, 3.05) is 0 Å². The highest BCUT2D eigenvalue weighted by molar-refractivity contribution is 7.26. The minimum Gasteiger partial charge on any atom is -0.309 e. The highest BCUT2D eigenvalue weighted by Crippen LogP contribution is 2.40. The van der Waals surface area contributed by atoms with Gasteiger partial charge in [0.1, 0.15) is 0 Å². The fourth-order valence-electron chi connectivity index (χ4n) is 13.0. The van der Waals surface area contributed by atoms with Crippen LogP contribution in [0.5, 0.6) is 0 Å². The van der Waals surface area contributed by atoms with Gasteiger partial charge in [0.2, 0.25) is 0 Å². The zero-order valence-electron chi connectivity index (χ0n) is 42.0. The molecule has 0 aliphatic carbocycles. The van der Waals surface area contributed by atoms with Crippen LogP contribution >= 0.6 is 11.3 Å². The lowest BCUT2D eigenvalue weighted by atomic mass is 10.1. The van der Waals surface area contributed by atoms with Crippen molar-refractivity contribution >= 4 is 133 Å². The molecule has 11 aromatic carbocycles. The van der Waals surface area contributed by atoms with Crippen molar-refractivity contribution in [1.82, 2.24) is 14.1 Å². The summed E-state index contributed by atoms with van der Waals surface area (Å²) in [4.78, 5) is 5.15. The molecule has 0 N–H and O–H groups in total. The maximum atomic E-state index is 5.15. The number of fused-ring (bicyclic) bond motifs is 9. The van der Waals surface area contributed by atoms with Crippen LogP contribution in [0.1, 0.15) is 0 Å². The molecule has 0 atom stereocenters. The number of para-hydroxylation sites is 1. The molecule has 15 rings (SSSR count). The minimum atomic E-state index is -2.79. The van der Waals surface area contributed by atoms with Crippen molar-refractivity contribution in [3.63, 3.8) is 0 Å². The largest absolute Gasteiger partial charge is 0.309 e. The number of thiophene rings is 1. The fraction of sp³-hybridized carbons (Fsp3) is 0. The van der Waals surface area contributed by atoms with Gasteiger partial charge in [0.05, 0.1) is 27.6 Å². The van der Waals surface area contributed by atoms with Crippen molar-refractivity contribution in [3.05, 3.63) is 297 Å². The van der Waals surface area contributed by atoms with Gasteiger partial charge in [-0.05, 0) is 108 Å². The third kappa shape index (κ3) is 6.96. The SMILES string of the molecule is c1ccc([Si](c2ccccc2)(c2ccccc2)c2ccc3c(c2)c2ccccc2n3-c2ccc3sc4ccc(-n5c6ccc([Si](c7ccccc7)(c7ccccc7)c7ccccc7)cc6c6ncccc65)cc4c3c2)cc1. The van der Waals surface area contributed by atoms with Crippen molar-refractivity contribution in [2.24, 2.45) is 0 Å². The van der Waals surface area contributed by atoms with E-state index in [2.05, 4.69) is 300 Å². The first-order valence-electron chi connectivity index (χ1n) is 26.4. The highest BCUT2D eigenvalue weighted by atomic mass is 32.1. The Hall–Kier alpha value is -9.18. The molecule has 0 aliphatic rings. The zero-order chi connectivity index (χ0) is 50.9. The molecule has 0 aliphatic heterocycles. The van der Waals surface area contributed by atoms with Crippen LogP contribution in [0.2, 0.25) is 0 Å². The van der Waals surface area contributed by atoms with Crippen LogP contribution in [0.3, 0.4) is 0 Å². The van der Waals surface area contributed by atoms with E-state index in [4.69, 9.17) is 4.98 Å². The predicted octanol–water partition coefficient (Wildman–Crippen LogP) is 12.4. The van der Waals surface area contributed by atoms with E-state index in [0.29, 0.717) is 0 Å². The molecular weight excluding hydrogens is 983 g/mol. The van der Waals surface area contributed by atoms with E-state index in [0.717, 1.165) is 33.3 Å². The maximum Gasteiger partial charge on any atom is 0.179 e. The quantitative estimate of drug-likeness (QED) is 0.0989. The summed E-state index contributed by atoms with van der Waals surface area (Å²) >= 11 is 1.86. The molecule has 4 aromatic heterocycles. The fourth-order valence-corrected chi connectivity index (χ4v) is 23.6. The van der Waals surface area contributed by atoms with E-state index in [9.17, 15) is 0 Å². The van der Waals surface area contributed by atoms with E-state index in [1.807, 2.05) is 17.5 Å². The van der Waals surface area contributed by atoms with Gasteiger partial charge in [-0.3, -0.25) is 4.98 Å². The van der Waals surface area contributed by atoms with Gasteiger partial charge in [0.25, 0.3) is 0 Å². The van der Waals surface area contributed by atoms with E-state index >= 15 is 0 Å². The Labute approximate surface area is 452 Å². The van der Waals surface area contributed by atoms with Gasteiger partial charge in [-0.15, -0.1) is 11.3 Å². The summed E-state index contributed by atoms with van der Waals surface area (Å²) < 4.78 is 7.45. The van der Waals surface area contributed by atoms with Gasteiger partial charge < -0.3 is 9.13 Å². The lowest BCUT2D eigenvalue weighted by Gasteiger charge is -2.34. The average Bonchev–Trinajstić information content (AvgIpc) is 4.27.